The van der Waals surface area contributed by atoms with Gasteiger partial charge in [-0.1, -0.05) is 344 Å². The molecule has 0 amide bonds. The van der Waals surface area contributed by atoms with Gasteiger partial charge in [0.05, 0.1) is 0 Å². The first kappa shape index (κ1) is 79.8. The van der Waals surface area contributed by atoms with E-state index < -0.39 is 6.10 Å². The quantitative estimate of drug-likeness (QED) is 0.0261. The summed E-state index contributed by atoms with van der Waals surface area (Å²) in [6.07, 6.45) is 93.7. The standard InChI is InChI=1S/C77H138O6/c1-4-7-10-13-16-19-22-25-28-31-33-34-35-36-37-38-39-40-41-42-43-44-47-49-52-55-58-61-64-67-70-76(79)82-73-74(72-81-75(78)69-66-63-60-57-54-51-48-45-30-27-24-21-18-15-12-9-6-3)83-77(80)71-68-65-62-59-56-53-50-46-32-29-26-23-20-17-14-11-8-5-2/h9,12,18,20-21,23,27,29-30,32,48,51,74H,4-8,10-11,13-17,19,22,24-26,28,31,33-47,49-50,52-73H2,1-3H3/b12-9-,21-18-,23-20-,30-27-,32-29-,51-48-. The van der Waals surface area contributed by atoms with Crippen molar-refractivity contribution in [3.8, 4) is 0 Å². The monoisotopic (exact) mass is 1160 g/mol. The molecule has 1 unspecified atom stereocenters. The summed E-state index contributed by atoms with van der Waals surface area (Å²) >= 11 is 0. The van der Waals surface area contributed by atoms with Crippen LogP contribution in [0.25, 0.3) is 0 Å². The van der Waals surface area contributed by atoms with Crippen LogP contribution in [0, 0.1) is 0 Å². The van der Waals surface area contributed by atoms with Crippen LogP contribution in [0.4, 0.5) is 0 Å². The number of esters is 3. The molecule has 0 saturated heterocycles. The average molecular weight is 1160 g/mol. The van der Waals surface area contributed by atoms with Crippen molar-refractivity contribution in [3.63, 3.8) is 0 Å². The molecular weight excluding hydrogens is 1020 g/mol. The summed E-state index contributed by atoms with van der Waals surface area (Å²) in [4.78, 5) is 38.5. The maximum atomic E-state index is 12.9. The second kappa shape index (κ2) is 71.3. The van der Waals surface area contributed by atoms with Crippen molar-refractivity contribution in [1.82, 2.24) is 0 Å². The molecule has 0 aliphatic heterocycles. The third-order valence-electron chi connectivity index (χ3n) is 16.2. The fourth-order valence-corrected chi connectivity index (χ4v) is 10.8. The Morgan fingerprint density at radius 2 is 0.470 bits per heavy atom. The predicted octanol–water partition coefficient (Wildman–Crippen LogP) is 25.2. The summed E-state index contributed by atoms with van der Waals surface area (Å²) in [6, 6.07) is 0. The van der Waals surface area contributed by atoms with Gasteiger partial charge in [-0.2, -0.15) is 0 Å². The molecule has 0 aromatic heterocycles. The summed E-state index contributed by atoms with van der Waals surface area (Å²) in [5.41, 5.74) is 0. The van der Waals surface area contributed by atoms with Crippen molar-refractivity contribution in [1.29, 1.82) is 0 Å². The zero-order valence-electron chi connectivity index (χ0n) is 55.5. The highest BCUT2D eigenvalue weighted by Crippen LogP contribution is 2.18. The molecule has 0 saturated carbocycles. The number of rotatable bonds is 67. The lowest BCUT2D eigenvalue weighted by Crippen LogP contribution is -2.30. The summed E-state index contributed by atoms with van der Waals surface area (Å²) < 4.78 is 17.0. The first-order chi connectivity index (χ1) is 41.0. The first-order valence-corrected chi connectivity index (χ1v) is 36.4. The van der Waals surface area contributed by atoms with Crippen LogP contribution < -0.4 is 0 Å². The number of allylic oxidation sites excluding steroid dienone is 12. The Kier molecular flexibility index (Phi) is 68.6. The molecule has 482 valence electrons. The molecule has 6 nitrogen and oxygen atoms in total. The number of unbranched alkanes of at least 4 members (excludes halogenated alkanes) is 44. The van der Waals surface area contributed by atoms with E-state index in [1.807, 2.05) is 0 Å². The number of ether oxygens (including phenoxy) is 3. The van der Waals surface area contributed by atoms with E-state index in [0.717, 1.165) is 109 Å². The van der Waals surface area contributed by atoms with E-state index in [1.165, 1.54) is 231 Å². The predicted molar refractivity (Wildman–Crippen MR) is 362 cm³/mol. The van der Waals surface area contributed by atoms with Gasteiger partial charge in [-0.05, 0) is 89.9 Å². The number of hydrogen-bond donors (Lipinski definition) is 0. The minimum absolute atomic E-state index is 0.0836. The Balaban J connectivity index is 4.25. The van der Waals surface area contributed by atoms with E-state index in [1.54, 1.807) is 0 Å². The fraction of sp³-hybridized carbons (Fsp3) is 0.805. The topological polar surface area (TPSA) is 78.9 Å². The van der Waals surface area contributed by atoms with E-state index in [9.17, 15) is 14.4 Å². The highest BCUT2D eigenvalue weighted by Gasteiger charge is 2.19. The van der Waals surface area contributed by atoms with Gasteiger partial charge in [0, 0.05) is 19.3 Å². The van der Waals surface area contributed by atoms with Crippen molar-refractivity contribution in [3.05, 3.63) is 72.9 Å². The summed E-state index contributed by atoms with van der Waals surface area (Å²) in [5, 5.41) is 0. The van der Waals surface area contributed by atoms with Crippen LogP contribution in [0.15, 0.2) is 72.9 Å². The summed E-state index contributed by atoms with van der Waals surface area (Å²) in [6.45, 7) is 6.54. The molecule has 0 spiro atoms. The maximum absolute atomic E-state index is 12.9. The van der Waals surface area contributed by atoms with E-state index in [0.29, 0.717) is 19.3 Å². The van der Waals surface area contributed by atoms with E-state index in [4.69, 9.17) is 14.2 Å². The molecule has 0 fully saturated rings. The van der Waals surface area contributed by atoms with Crippen LogP contribution in [-0.4, -0.2) is 37.2 Å². The lowest BCUT2D eigenvalue weighted by molar-refractivity contribution is -0.167. The Morgan fingerprint density at radius 3 is 0.747 bits per heavy atom. The summed E-state index contributed by atoms with van der Waals surface area (Å²) in [5.74, 6) is -0.895. The van der Waals surface area contributed by atoms with Crippen LogP contribution in [0.3, 0.4) is 0 Å². The molecule has 0 N–H and O–H groups in total. The van der Waals surface area contributed by atoms with Crippen molar-refractivity contribution < 1.29 is 28.6 Å². The van der Waals surface area contributed by atoms with Gasteiger partial charge in [-0.3, -0.25) is 14.4 Å². The third kappa shape index (κ3) is 69.5. The molecule has 0 aromatic carbocycles. The fourth-order valence-electron chi connectivity index (χ4n) is 10.8. The second-order valence-electron chi connectivity index (χ2n) is 24.5. The van der Waals surface area contributed by atoms with E-state index >= 15 is 0 Å². The zero-order valence-corrected chi connectivity index (χ0v) is 55.5. The van der Waals surface area contributed by atoms with Gasteiger partial charge in [-0.25, -0.2) is 0 Å². The summed E-state index contributed by atoms with van der Waals surface area (Å²) in [7, 11) is 0. The van der Waals surface area contributed by atoms with Gasteiger partial charge in [0.2, 0.25) is 0 Å². The van der Waals surface area contributed by atoms with Gasteiger partial charge in [0.15, 0.2) is 6.10 Å². The molecule has 83 heavy (non-hydrogen) atoms. The van der Waals surface area contributed by atoms with Crippen LogP contribution >= 0.6 is 0 Å². The molecule has 6 heteroatoms. The molecule has 0 radical (unpaired) electrons. The largest absolute Gasteiger partial charge is 0.462 e. The molecular formula is C77H138O6. The molecule has 0 rings (SSSR count). The highest BCUT2D eigenvalue weighted by molar-refractivity contribution is 5.71. The van der Waals surface area contributed by atoms with Crippen molar-refractivity contribution in [2.24, 2.45) is 0 Å². The van der Waals surface area contributed by atoms with Crippen LogP contribution in [-0.2, 0) is 28.6 Å². The normalized spacial score (nSPS) is 12.5. The van der Waals surface area contributed by atoms with Gasteiger partial charge in [0.25, 0.3) is 0 Å². The van der Waals surface area contributed by atoms with Gasteiger partial charge in [-0.15, -0.1) is 0 Å². The highest BCUT2D eigenvalue weighted by atomic mass is 16.6. The van der Waals surface area contributed by atoms with Gasteiger partial charge in [0.1, 0.15) is 13.2 Å². The SMILES string of the molecule is CC/C=C\C/C=C\C/C=C\C/C=C\CCCCCCC(=O)OCC(COC(=O)CCCCCCCCCCCCCCCCCCCCCCCCCCCCCCCC)OC(=O)CCCCCCCCC/C=C\C/C=C\CCCCCC. The molecule has 0 bridgehead atoms. The Bertz CT molecular complexity index is 1520. The Morgan fingerprint density at radius 1 is 0.253 bits per heavy atom. The molecule has 0 aliphatic carbocycles. The lowest BCUT2D eigenvalue weighted by Gasteiger charge is -2.18. The van der Waals surface area contributed by atoms with E-state index in [-0.39, 0.29) is 31.1 Å². The molecule has 1 atom stereocenters. The average Bonchev–Trinajstić information content (AvgIpc) is 3.49. The van der Waals surface area contributed by atoms with Gasteiger partial charge >= 0.3 is 17.9 Å². The second-order valence-corrected chi connectivity index (χ2v) is 24.5. The lowest BCUT2D eigenvalue weighted by atomic mass is 10.0. The first-order valence-electron chi connectivity index (χ1n) is 36.4. The van der Waals surface area contributed by atoms with Crippen LogP contribution in [0.2, 0.25) is 0 Å². The number of carbonyl (C=O) groups is 3. The van der Waals surface area contributed by atoms with Gasteiger partial charge < -0.3 is 14.2 Å². The van der Waals surface area contributed by atoms with E-state index in [2.05, 4.69) is 93.7 Å². The van der Waals surface area contributed by atoms with Crippen LogP contribution in [0.5, 0.6) is 0 Å². The maximum Gasteiger partial charge on any atom is 0.306 e. The zero-order chi connectivity index (χ0) is 59.9. The molecule has 0 aromatic rings. The third-order valence-corrected chi connectivity index (χ3v) is 16.2. The van der Waals surface area contributed by atoms with Crippen molar-refractivity contribution in [2.45, 2.75) is 386 Å². The minimum Gasteiger partial charge on any atom is -0.462 e. The Hall–Kier alpha value is -3.15. The number of carbonyl (C=O) groups excluding carboxylic acids is 3. The smallest absolute Gasteiger partial charge is 0.306 e. The van der Waals surface area contributed by atoms with Crippen molar-refractivity contribution in [2.75, 3.05) is 13.2 Å². The molecule has 0 heterocycles. The molecule has 0 aliphatic rings. The number of hydrogen-bond acceptors (Lipinski definition) is 6. The minimum atomic E-state index is -0.791. The van der Waals surface area contributed by atoms with Crippen LogP contribution in [0.1, 0.15) is 380 Å². The Labute approximate surface area is 516 Å². The van der Waals surface area contributed by atoms with Crippen molar-refractivity contribution >= 4 is 17.9 Å².